The molecule has 0 radical (unpaired) electrons. The van der Waals surface area contributed by atoms with E-state index < -0.39 is 11.5 Å². The van der Waals surface area contributed by atoms with Crippen LogP contribution in [0.25, 0.3) is 10.1 Å². The Bertz CT molecular complexity index is 693. The number of carboxylic acids is 1. The minimum atomic E-state index is -0.902. The second-order valence-corrected chi connectivity index (χ2v) is 6.58. The van der Waals surface area contributed by atoms with Gasteiger partial charge in [0, 0.05) is 22.0 Å². The van der Waals surface area contributed by atoms with Gasteiger partial charge in [0.25, 0.3) is 5.91 Å². The summed E-state index contributed by atoms with van der Waals surface area (Å²) in [7, 11) is 0. The summed E-state index contributed by atoms with van der Waals surface area (Å²) in [6, 6.07) is 6.24. The van der Waals surface area contributed by atoms with E-state index in [-0.39, 0.29) is 18.1 Å². The largest absolute Gasteiger partial charge is 0.481 e. The molecule has 0 aliphatic rings. The molecule has 0 fully saturated rings. The standard InChI is InChI=1S/C15H16FNO3S/c1-15(2,7-6-13(18)19)17-14(20)12-8-9-10(16)4-3-5-11(9)21-12/h3-5,8H,6-7H2,1-2H3,(H,17,20)(H,18,19). The van der Waals surface area contributed by atoms with Gasteiger partial charge in [0.15, 0.2) is 0 Å². The number of benzene rings is 1. The lowest BCUT2D eigenvalue weighted by Gasteiger charge is -2.25. The Labute approximate surface area is 125 Å². The number of amides is 1. The zero-order valence-corrected chi connectivity index (χ0v) is 12.6. The summed E-state index contributed by atoms with van der Waals surface area (Å²) in [5.74, 6) is -1.57. The van der Waals surface area contributed by atoms with Gasteiger partial charge in [0.1, 0.15) is 5.82 Å². The lowest BCUT2D eigenvalue weighted by Crippen LogP contribution is -2.43. The van der Waals surface area contributed by atoms with Crippen LogP contribution in [0.1, 0.15) is 36.4 Å². The van der Waals surface area contributed by atoms with Crippen molar-refractivity contribution in [2.24, 2.45) is 0 Å². The highest BCUT2D eigenvalue weighted by molar-refractivity contribution is 7.20. The monoisotopic (exact) mass is 309 g/mol. The van der Waals surface area contributed by atoms with Crippen LogP contribution < -0.4 is 5.32 Å². The van der Waals surface area contributed by atoms with E-state index in [1.165, 1.54) is 23.5 Å². The number of carbonyl (C=O) groups excluding carboxylic acids is 1. The summed E-state index contributed by atoms with van der Waals surface area (Å²) >= 11 is 1.22. The number of thiophene rings is 1. The van der Waals surface area contributed by atoms with Crippen molar-refractivity contribution in [3.63, 3.8) is 0 Å². The summed E-state index contributed by atoms with van der Waals surface area (Å²) in [4.78, 5) is 23.2. The topological polar surface area (TPSA) is 66.4 Å². The van der Waals surface area contributed by atoms with E-state index in [0.717, 1.165) is 0 Å². The van der Waals surface area contributed by atoms with Gasteiger partial charge in [-0.1, -0.05) is 6.07 Å². The molecule has 1 heterocycles. The van der Waals surface area contributed by atoms with E-state index >= 15 is 0 Å². The van der Waals surface area contributed by atoms with Crippen LogP contribution in [-0.2, 0) is 4.79 Å². The van der Waals surface area contributed by atoms with Gasteiger partial charge >= 0.3 is 5.97 Å². The molecule has 1 amide bonds. The summed E-state index contributed by atoms with van der Waals surface area (Å²) in [5.41, 5.74) is -0.635. The predicted octanol–water partition coefficient (Wildman–Crippen LogP) is 3.41. The average Bonchev–Trinajstić information content (AvgIpc) is 2.82. The number of nitrogens with one attached hydrogen (secondary N) is 1. The second-order valence-electron chi connectivity index (χ2n) is 5.49. The summed E-state index contributed by atoms with van der Waals surface area (Å²) in [6.07, 6.45) is 0.307. The van der Waals surface area contributed by atoms with Crippen molar-refractivity contribution in [2.45, 2.75) is 32.2 Å². The van der Waals surface area contributed by atoms with Crippen LogP contribution in [0.2, 0.25) is 0 Å². The quantitative estimate of drug-likeness (QED) is 0.889. The van der Waals surface area contributed by atoms with E-state index in [9.17, 15) is 14.0 Å². The highest BCUT2D eigenvalue weighted by Crippen LogP contribution is 2.28. The number of aliphatic carboxylic acids is 1. The van der Waals surface area contributed by atoms with E-state index in [4.69, 9.17) is 5.11 Å². The third-order valence-corrected chi connectivity index (χ3v) is 4.25. The third-order valence-electron chi connectivity index (χ3n) is 3.15. The number of fused-ring (bicyclic) bond motifs is 1. The normalized spacial score (nSPS) is 11.6. The SMILES string of the molecule is CC(C)(CCC(=O)O)NC(=O)c1cc2c(F)cccc2s1. The second kappa shape index (κ2) is 5.81. The van der Waals surface area contributed by atoms with Crippen LogP contribution in [0, 0.1) is 5.82 Å². The van der Waals surface area contributed by atoms with Crippen molar-refractivity contribution < 1.29 is 19.1 Å². The first-order chi connectivity index (χ1) is 9.78. The highest BCUT2D eigenvalue weighted by Gasteiger charge is 2.23. The van der Waals surface area contributed by atoms with Crippen LogP contribution in [0.4, 0.5) is 4.39 Å². The minimum Gasteiger partial charge on any atom is -0.481 e. The first kappa shape index (κ1) is 15.4. The zero-order valence-electron chi connectivity index (χ0n) is 11.8. The summed E-state index contributed by atoms with van der Waals surface area (Å²) < 4.78 is 14.3. The molecule has 2 aromatic rings. The average molecular weight is 309 g/mol. The molecule has 0 unspecified atom stereocenters. The minimum absolute atomic E-state index is 0.0195. The van der Waals surface area contributed by atoms with Gasteiger partial charge in [0.05, 0.1) is 4.88 Å². The van der Waals surface area contributed by atoms with Crippen LogP contribution in [-0.4, -0.2) is 22.5 Å². The van der Waals surface area contributed by atoms with Crippen LogP contribution in [0.15, 0.2) is 24.3 Å². The van der Waals surface area contributed by atoms with E-state index in [1.807, 2.05) is 0 Å². The lowest BCUT2D eigenvalue weighted by molar-refractivity contribution is -0.137. The number of hydrogen-bond donors (Lipinski definition) is 2. The van der Waals surface area contributed by atoms with Gasteiger partial charge in [-0.05, 0) is 38.5 Å². The molecule has 0 saturated heterocycles. The van der Waals surface area contributed by atoms with E-state index in [1.54, 1.807) is 26.0 Å². The van der Waals surface area contributed by atoms with Gasteiger partial charge in [0.2, 0.25) is 0 Å². The van der Waals surface area contributed by atoms with Crippen LogP contribution >= 0.6 is 11.3 Å². The molecule has 1 aromatic heterocycles. The molecular weight excluding hydrogens is 293 g/mol. The smallest absolute Gasteiger partial charge is 0.303 e. The molecule has 0 bridgehead atoms. The molecular formula is C15H16FNO3S. The number of rotatable bonds is 5. The zero-order chi connectivity index (χ0) is 15.6. The third kappa shape index (κ3) is 3.78. The molecule has 0 saturated carbocycles. The van der Waals surface area contributed by atoms with Crippen molar-refractivity contribution in [1.82, 2.24) is 5.32 Å². The van der Waals surface area contributed by atoms with Gasteiger partial charge in [-0.25, -0.2) is 4.39 Å². The van der Waals surface area contributed by atoms with E-state index in [0.29, 0.717) is 21.4 Å². The fraction of sp³-hybridized carbons (Fsp3) is 0.333. The van der Waals surface area contributed by atoms with Crippen LogP contribution in [0.3, 0.4) is 0 Å². The fourth-order valence-electron chi connectivity index (χ4n) is 1.99. The molecule has 2 N–H and O–H groups in total. The molecule has 6 heteroatoms. The maximum absolute atomic E-state index is 13.6. The maximum Gasteiger partial charge on any atom is 0.303 e. The Morgan fingerprint density at radius 1 is 1.38 bits per heavy atom. The Morgan fingerprint density at radius 2 is 2.10 bits per heavy atom. The number of hydrogen-bond acceptors (Lipinski definition) is 3. The molecule has 112 valence electrons. The Hall–Kier alpha value is -1.95. The van der Waals surface area contributed by atoms with Crippen molar-refractivity contribution in [3.8, 4) is 0 Å². The number of halogens is 1. The first-order valence-corrected chi connectivity index (χ1v) is 7.32. The Kier molecular flexibility index (Phi) is 4.27. The van der Waals surface area contributed by atoms with E-state index in [2.05, 4.69) is 5.32 Å². The fourth-order valence-corrected chi connectivity index (χ4v) is 2.96. The molecule has 21 heavy (non-hydrogen) atoms. The van der Waals surface area contributed by atoms with Crippen molar-refractivity contribution in [3.05, 3.63) is 35.0 Å². The van der Waals surface area contributed by atoms with Crippen molar-refractivity contribution in [2.75, 3.05) is 0 Å². The highest BCUT2D eigenvalue weighted by atomic mass is 32.1. The molecule has 1 aromatic carbocycles. The maximum atomic E-state index is 13.6. The number of carbonyl (C=O) groups is 2. The molecule has 0 atom stereocenters. The number of carboxylic acid groups (broad SMARTS) is 1. The molecule has 4 nitrogen and oxygen atoms in total. The van der Waals surface area contributed by atoms with Gasteiger partial charge < -0.3 is 10.4 Å². The van der Waals surface area contributed by atoms with Gasteiger partial charge in [-0.3, -0.25) is 9.59 Å². The lowest BCUT2D eigenvalue weighted by atomic mass is 9.98. The van der Waals surface area contributed by atoms with Crippen molar-refractivity contribution >= 4 is 33.3 Å². The molecule has 0 aliphatic heterocycles. The molecule has 2 rings (SSSR count). The van der Waals surface area contributed by atoms with Gasteiger partial charge in [-0.15, -0.1) is 11.3 Å². The Morgan fingerprint density at radius 3 is 2.71 bits per heavy atom. The first-order valence-electron chi connectivity index (χ1n) is 6.51. The molecule has 0 aliphatic carbocycles. The molecule has 0 spiro atoms. The van der Waals surface area contributed by atoms with Crippen LogP contribution in [0.5, 0.6) is 0 Å². The van der Waals surface area contributed by atoms with Gasteiger partial charge in [-0.2, -0.15) is 0 Å². The summed E-state index contributed by atoms with van der Waals surface area (Å²) in [5, 5.41) is 11.9. The van der Waals surface area contributed by atoms with Crippen molar-refractivity contribution in [1.29, 1.82) is 0 Å². The summed E-state index contributed by atoms with van der Waals surface area (Å²) in [6.45, 7) is 3.53. The Balaban J connectivity index is 2.15. The predicted molar refractivity (Wildman–Crippen MR) is 80.2 cm³/mol.